The molecule has 116 valence electrons. The summed E-state index contributed by atoms with van der Waals surface area (Å²) in [6.07, 6.45) is 6.91. The average Bonchev–Trinajstić information content (AvgIpc) is 2.56. The van der Waals surface area contributed by atoms with Gasteiger partial charge in [0.05, 0.1) is 0 Å². The molecule has 0 N–H and O–H groups in total. The molecule has 0 aliphatic heterocycles. The van der Waals surface area contributed by atoms with Gasteiger partial charge in [-0.2, -0.15) is 0 Å². The number of hydrogen-bond acceptors (Lipinski definition) is 0. The number of rotatable bonds is 7. The fraction of sp³-hybridized carbons (Fsp3) is 0.333. The molecule has 0 aliphatic rings. The molecule has 0 aromatic heterocycles. The third kappa shape index (κ3) is 4.56. The maximum Gasteiger partial charge on any atom is 0.126 e. The Labute approximate surface area is 133 Å². The highest BCUT2D eigenvalue weighted by atomic mass is 19.1. The second-order valence-corrected chi connectivity index (χ2v) is 5.72. The summed E-state index contributed by atoms with van der Waals surface area (Å²) in [5, 5.41) is 0. The molecule has 0 nitrogen and oxygen atoms in total. The van der Waals surface area contributed by atoms with E-state index in [1.54, 1.807) is 6.08 Å². The summed E-state index contributed by atoms with van der Waals surface area (Å²) in [7, 11) is 0. The Morgan fingerprint density at radius 1 is 0.864 bits per heavy atom. The lowest BCUT2D eigenvalue weighted by atomic mass is 10.0. The molecule has 0 heterocycles. The largest absolute Gasteiger partial charge is 0.207 e. The second kappa shape index (κ2) is 8.53. The first kappa shape index (κ1) is 16.5. The van der Waals surface area contributed by atoms with Crippen LogP contribution in [0.4, 0.5) is 4.39 Å². The number of allylic oxidation sites excluding steroid dienone is 1. The minimum Gasteiger partial charge on any atom is -0.207 e. The van der Waals surface area contributed by atoms with Crippen molar-refractivity contribution in [3.05, 3.63) is 65.7 Å². The van der Waals surface area contributed by atoms with Crippen LogP contribution in [0.2, 0.25) is 0 Å². The second-order valence-electron chi connectivity index (χ2n) is 5.72. The number of benzene rings is 2. The van der Waals surface area contributed by atoms with Crippen molar-refractivity contribution >= 4 is 5.83 Å². The maximum absolute atomic E-state index is 14.0. The van der Waals surface area contributed by atoms with Crippen molar-refractivity contribution in [3.8, 4) is 11.1 Å². The van der Waals surface area contributed by atoms with Crippen molar-refractivity contribution in [2.75, 3.05) is 0 Å². The predicted molar refractivity (Wildman–Crippen MR) is 94.5 cm³/mol. The number of hydrogen-bond donors (Lipinski definition) is 0. The fourth-order valence-corrected chi connectivity index (χ4v) is 2.53. The topological polar surface area (TPSA) is 0 Å². The van der Waals surface area contributed by atoms with Gasteiger partial charge in [-0.05, 0) is 42.0 Å². The minimum absolute atomic E-state index is 0.113. The van der Waals surface area contributed by atoms with Gasteiger partial charge in [0.25, 0.3) is 0 Å². The molecule has 0 saturated carbocycles. The molecule has 22 heavy (non-hydrogen) atoms. The van der Waals surface area contributed by atoms with Crippen LogP contribution in [0.5, 0.6) is 0 Å². The van der Waals surface area contributed by atoms with Crippen molar-refractivity contribution in [2.24, 2.45) is 0 Å². The van der Waals surface area contributed by atoms with Gasteiger partial charge in [0, 0.05) is 5.56 Å². The van der Waals surface area contributed by atoms with Crippen LogP contribution >= 0.6 is 0 Å². The van der Waals surface area contributed by atoms with E-state index in [1.165, 1.54) is 11.1 Å². The molecule has 0 spiro atoms. The molecule has 0 amide bonds. The Morgan fingerprint density at radius 2 is 1.45 bits per heavy atom. The van der Waals surface area contributed by atoms with Gasteiger partial charge in [-0.25, -0.2) is 4.39 Å². The van der Waals surface area contributed by atoms with Crippen LogP contribution in [0.1, 0.15) is 50.7 Å². The third-order valence-corrected chi connectivity index (χ3v) is 3.87. The van der Waals surface area contributed by atoms with Crippen molar-refractivity contribution in [1.82, 2.24) is 0 Å². The lowest BCUT2D eigenvalue weighted by molar-refractivity contribution is 0.741. The van der Waals surface area contributed by atoms with Crippen molar-refractivity contribution in [1.29, 1.82) is 0 Å². The predicted octanol–water partition coefficient (Wildman–Crippen LogP) is 6.81. The smallest absolute Gasteiger partial charge is 0.126 e. The summed E-state index contributed by atoms with van der Waals surface area (Å²) >= 11 is 0. The molecule has 1 heteroatoms. The zero-order chi connectivity index (χ0) is 15.8. The van der Waals surface area contributed by atoms with Crippen LogP contribution in [0.25, 0.3) is 17.0 Å². The summed E-state index contributed by atoms with van der Waals surface area (Å²) in [5.41, 5.74) is 4.35. The van der Waals surface area contributed by atoms with Gasteiger partial charge in [-0.3, -0.25) is 0 Å². The van der Waals surface area contributed by atoms with Gasteiger partial charge in [-0.15, -0.1) is 0 Å². The van der Waals surface area contributed by atoms with Gasteiger partial charge >= 0.3 is 0 Å². The van der Waals surface area contributed by atoms with E-state index in [-0.39, 0.29) is 5.83 Å². The quantitative estimate of drug-likeness (QED) is 0.492. The Morgan fingerprint density at radius 3 is 2.00 bits per heavy atom. The Hall–Kier alpha value is -1.89. The van der Waals surface area contributed by atoms with Crippen molar-refractivity contribution in [3.63, 3.8) is 0 Å². The highest BCUT2D eigenvalue weighted by Crippen LogP contribution is 2.24. The van der Waals surface area contributed by atoms with Crippen LogP contribution in [0.3, 0.4) is 0 Å². The Bertz CT molecular complexity index is 591. The molecule has 2 aromatic rings. The summed E-state index contributed by atoms with van der Waals surface area (Å²) in [5.74, 6) is -0.113. The SMILES string of the molecule is CCCC/C=C(/F)c1ccc(-c2ccc(CCC)cc2)cc1. The van der Waals surface area contributed by atoms with Crippen LogP contribution in [-0.2, 0) is 6.42 Å². The van der Waals surface area contributed by atoms with Crippen LogP contribution in [0, 0.1) is 0 Å². The normalized spacial score (nSPS) is 11.7. The molecule has 0 bridgehead atoms. The lowest BCUT2D eigenvalue weighted by Gasteiger charge is -2.05. The lowest BCUT2D eigenvalue weighted by Crippen LogP contribution is -1.84. The van der Waals surface area contributed by atoms with Crippen molar-refractivity contribution in [2.45, 2.75) is 46.0 Å². The first-order chi connectivity index (χ1) is 10.7. The number of halogens is 1. The molecule has 0 aliphatic carbocycles. The molecule has 2 aromatic carbocycles. The monoisotopic (exact) mass is 296 g/mol. The molecule has 0 fully saturated rings. The summed E-state index contributed by atoms with van der Waals surface area (Å²) in [6.45, 7) is 4.31. The molecular weight excluding hydrogens is 271 g/mol. The van der Waals surface area contributed by atoms with E-state index >= 15 is 0 Å². The van der Waals surface area contributed by atoms with E-state index in [1.807, 2.05) is 24.3 Å². The first-order valence-corrected chi connectivity index (χ1v) is 8.30. The maximum atomic E-state index is 14.0. The fourth-order valence-electron chi connectivity index (χ4n) is 2.53. The zero-order valence-corrected chi connectivity index (χ0v) is 13.6. The van der Waals surface area contributed by atoms with Gasteiger partial charge in [0.15, 0.2) is 0 Å². The van der Waals surface area contributed by atoms with Gasteiger partial charge in [0.2, 0.25) is 0 Å². The van der Waals surface area contributed by atoms with E-state index in [9.17, 15) is 4.39 Å². The minimum atomic E-state index is -0.113. The molecule has 0 atom stereocenters. The first-order valence-electron chi connectivity index (χ1n) is 8.30. The number of aryl methyl sites for hydroxylation is 1. The van der Waals surface area contributed by atoms with E-state index in [0.717, 1.165) is 37.7 Å². The molecule has 0 saturated heterocycles. The molecule has 0 radical (unpaired) electrons. The Kier molecular flexibility index (Phi) is 6.39. The molecular formula is C21H25F. The van der Waals surface area contributed by atoms with Crippen LogP contribution in [0.15, 0.2) is 54.6 Å². The van der Waals surface area contributed by atoms with Crippen LogP contribution < -0.4 is 0 Å². The van der Waals surface area contributed by atoms with Gasteiger partial charge in [0.1, 0.15) is 5.83 Å². The van der Waals surface area contributed by atoms with E-state index in [0.29, 0.717) is 5.56 Å². The van der Waals surface area contributed by atoms with E-state index < -0.39 is 0 Å². The van der Waals surface area contributed by atoms with E-state index in [4.69, 9.17) is 0 Å². The standard InChI is InChI=1S/C21H25F/c1-3-5-6-8-21(22)20-15-13-19(14-16-20)18-11-9-17(7-4-2)10-12-18/h8-16H,3-7H2,1-2H3/b21-8+. The van der Waals surface area contributed by atoms with Crippen LogP contribution in [-0.4, -0.2) is 0 Å². The van der Waals surface area contributed by atoms with E-state index in [2.05, 4.69) is 38.1 Å². The van der Waals surface area contributed by atoms with Gasteiger partial charge in [-0.1, -0.05) is 75.2 Å². The third-order valence-electron chi connectivity index (χ3n) is 3.87. The van der Waals surface area contributed by atoms with Crippen molar-refractivity contribution < 1.29 is 4.39 Å². The number of unbranched alkanes of at least 4 members (excludes halogenated alkanes) is 2. The highest BCUT2D eigenvalue weighted by Gasteiger charge is 2.02. The summed E-state index contributed by atoms with van der Waals surface area (Å²) in [6, 6.07) is 16.4. The zero-order valence-electron chi connectivity index (χ0n) is 13.6. The van der Waals surface area contributed by atoms with Gasteiger partial charge < -0.3 is 0 Å². The molecule has 2 rings (SSSR count). The summed E-state index contributed by atoms with van der Waals surface area (Å²) in [4.78, 5) is 0. The molecule has 0 unspecified atom stereocenters. The highest BCUT2D eigenvalue weighted by molar-refractivity contribution is 5.67. The summed E-state index contributed by atoms with van der Waals surface area (Å²) < 4.78 is 14.0. The Balaban J connectivity index is 2.09. The average molecular weight is 296 g/mol.